The van der Waals surface area contributed by atoms with Gasteiger partial charge in [0.05, 0.1) is 37.9 Å². The van der Waals surface area contributed by atoms with Crippen molar-refractivity contribution in [1.82, 2.24) is 0 Å². The van der Waals surface area contributed by atoms with Crippen LogP contribution in [0.15, 0.2) is 11.6 Å². The van der Waals surface area contributed by atoms with E-state index in [2.05, 4.69) is 40.7 Å². The van der Waals surface area contributed by atoms with Crippen LogP contribution in [0.3, 0.4) is 0 Å². The van der Waals surface area contributed by atoms with Gasteiger partial charge in [0.15, 0.2) is 18.9 Å². The second-order valence-corrected chi connectivity index (χ2v) is 22.9. The summed E-state index contributed by atoms with van der Waals surface area (Å²) in [6, 6.07) is 0. The first-order valence-electron chi connectivity index (χ1n) is 23.9. The van der Waals surface area contributed by atoms with E-state index in [1.54, 1.807) is 0 Å². The molecule has 18 nitrogen and oxygen atoms in total. The van der Waals surface area contributed by atoms with Crippen molar-refractivity contribution in [1.29, 1.82) is 0 Å². The summed E-state index contributed by atoms with van der Waals surface area (Å²) < 4.78 is 35.5. The zero-order valence-corrected chi connectivity index (χ0v) is 38.6. The fraction of sp³-hybridized carbons (Fsp3) is 0.936. The van der Waals surface area contributed by atoms with Crippen LogP contribution in [0.2, 0.25) is 0 Å². The van der Waals surface area contributed by atoms with E-state index < -0.39 is 122 Å². The minimum absolute atomic E-state index is 0.00154. The third kappa shape index (κ3) is 7.80. The predicted molar refractivity (Wildman–Crippen MR) is 226 cm³/mol. The molecule has 23 unspecified atom stereocenters. The number of fused-ring (bicyclic) bond motifs is 7. The van der Waals surface area contributed by atoms with E-state index in [-0.39, 0.29) is 52.6 Å². The Morgan fingerprint density at radius 2 is 1.31 bits per heavy atom. The highest BCUT2D eigenvalue weighted by atomic mass is 16.8. The number of hydrogen-bond donors (Lipinski definition) is 11. The van der Waals surface area contributed by atoms with Gasteiger partial charge in [0.25, 0.3) is 0 Å². The maximum Gasteiger partial charge on any atom is 0.310 e. The molecule has 0 bridgehead atoms. The molecule has 8 aliphatic rings. The normalized spacial score (nSPS) is 54.3. The molecule has 5 aliphatic carbocycles. The number of aliphatic carboxylic acids is 1. The van der Waals surface area contributed by atoms with Crippen LogP contribution in [0.4, 0.5) is 0 Å². The van der Waals surface area contributed by atoms with Crippen LogP contribution in [0.1, 0.15) is 106 Å². The zero-order chi connectivity index (χ0) is 47.4. The van der Waals surface area contributed by atoms with E-state index in [9.17, 15) is 61.0 Å². The SMILES string of the molecule is CC1(C)CCC2(C(=O)O)CCC3(C)C(=CCC4C5(C)CCC(OC6OCC(OC7OC(CO)C(O)C(O)C7OC7OC(CO)C(O)C(O)C7O)C(O)C6O)C(C)(CO)C5CCC43C)C2C1. The van der Waals surface area contributed by atoms with Gasteiger partial charge in [-0.3, -0.25) is 4.79 Å². The first-order valence-corrected chi connectivity index (χ1v) is 23.9. The maximum absolute atomic E-state index is 13.1. The number of carbonyl (C=O) groups is 1. The van der Waals surface area contributed by atoms with Gasteiger partial charge < -0.3 is 84.6 Å². The molecule has 8 rings (SSSR count). The molecule has 4 saturated carbocycles. The molecule has 3 saturated heterocycles. The Kier molecular flexibility index (Phi) is 13.7. The molecule has 0 amide bonds. The maximum atomic E-state index is 13.1. The molecular formula is C47H76O18. The molecule has 0 aromatic carbocycles. The van der Waals surface area contributed by atoms with E-state index in [0.717, 1.165) is 44.9 Å². The second kappa shape index (κ2) is 17.8. The Morgan fingerprint density at radius 1 is 0.677 bits per heavy atom. The van der Waals surface area contributed by atoms with E-state index in [0.29, 0.717) is 19.3 Å². The number of ether oxygens (including phenoxy) is 6. The van der Waals surface area contributed by atoms with Crippen LogP contribution < -0.4 is 0 Å². The number of carboxylic acids is 1. The van der Waals surface area contributed by atoms with Gasteiger partial charge in [-0.05, 0) is 104 Å². The van der Waals surface area contributed by atoms with Crippen LogP contribution in [-0.4, -0.2) is 181 Å². The van der Waals surface area contributed by atoms with Gasteiger partial charge >= 0.3 is 5.97 Å². The summed E-state index contributed by atoms with van der Waals surface area (Å²) in [4.78, 5) is 13.1. The lowest BCUT2D eigenvalue weighted by Crippen LogP contribution is -2.67. The quantitative estimate of drug-likeness (QED) is 0.104. The van der Waals surface area contributed by atoms with Crippen LogP contribution in [0, 0.1) is 50.2 Å². The smallest absolute Gasteiger partial charge is 0.310 e. The topological polar surface area (TPSA) is 295 Å². The molecule has 372 valence electrons. The first kappa shape index (κ1) is 50.0. The summed E-state index contributed by atoms with van der Waals surface area (Å²) in [5.41, 5.74) is -0.567. The molecule has 0 aromatic heterocycles. The summed E-state index contributed by atoms with van der Waals surface area (Å²) >= 11 is 0. The van der Waals surface area contributed by atoms with Gasteiger partial charge in [0.1, 0.15) is 67.1 Å². The van der Waals surface area contributed by atoms with E-state index in [4.69, 9.17) is 28.4 Å². The molecule has 0 spiro atoms. The Morgan fingerprint density at radius 3 is 1.95 bits per heavy atom. The van der Waals surface area contributed by atoms with Crippen molar-refractivity contribution in [2.45, 2.75) is 198 Å². The lowest BCUT2D eigenvalue weighted by Gasteiger charge is -2.71. The number of aliphatic hydroxyl groups excluding tert-OH is 10. The molecule has 23 atom stereocenters. The van der Waals surface area contributed by atoms with Gasteiger partial charge in [0.2, 0.25) is 0 Å². The minimum Gasteiger partial charge on any atom is -0.481 e. The number of carboxylic acid groups (broad SMARTS) is 1. The third-order valence-electron chi connectivity index (χ3n) is 19.2. The van der Waals surface area contributed by atoms with Gasteiger partial charge in [-0.15, -0.1) is 0 Å². The lowest BCUT2D eigenvalue weighted by atomic mass is 9.33. The summed E-state index contributed by atoms with van der Waals surface area (Å²) in [6.07, 6.45) is -13.2. The van der Waals surface area contributed by atoms with E-state index in [1.165, 1.54) is 5.57 Å². The fourth-order valence-corrected chi connectivity index (χ4v) is 14.8. The average molecular weight is 929 g/mol. The monoisotopic (exact) mass is 929 g/mol. The highest BCUT2D eigenvalue weighted by molar-refractivity contribution is 5.76. The molecular weight excluding hydrogens is 852 g/mol. The van der Waals surface area contributed by atoms with E-state index in [1.807, 2.05) is 6.92 Å². The van der Waals surface area contributed by atoms with Gasteiger partial charge in [-0.25, -0.2) is 0 Å². The Balaban J connectivity index is 0.966. The number of allylic oxidation sites excluding steroid dienone is 2. The van der Waals surface area contributed by atoms with Crippen molar-refractivity contribution >= 4 is 5.97 Å². The molecule has 0 radical (unpaired) electrons. The summed E-state index contributed by atoms with van der Waals surface area (Å²) in [5, 5.41) is 118. The Hall–Kier alpha value is -1.43. The van der Waals surface area contributed by atoms with Crippen LogP contribution in [0.5, 0.6) is 0 Å². The number of rotatable bonds is 10. The van der Waals surface area contributed by atoms with Gasteiger partial charge in [-0.1, -0.05) is 53.2 Å². The lowest BCUT2D eigenvalue weighted by molar-refractivity contribution is -0.384. The molecule has 3 aliphatic heterocycles. The van der Waals surface area contributed by atoms with Crippen LogP contribution >= 0.6 is 0 Å². The molecule has 65 heavy (non-hydrogen) atoms. The Labute approximate surface area is 380 Å². The van der Waals surface area contributed by atoms with Crippen LogP contribution in [-0.2, 0) is 33.2 Å². The zero-order valence-electron chi connectivity index (χ0n) is 38.6. The van der Waals surface area contributed by atoms with Crippen molar-refractivity contribution in [3.05, 3.63) is 11.6 Å². The highest BCUT2D eigenvalue weighted by Crippen LogP contribution is 2.76. The highest BCUT2D eigenvalue weighted by Gasteiger charge is 2.70. The van der Waals surface area contributed by atoms with Gasteiger partial charge in [-0.2, -0.15) is 0 Å². The molecule has 0 aromatic rings. The summed E-state index contributed by atoms with van der Waals surface area (Å²) in [7, 11) is 0. The molecule has 18 heteroatoms. The van der Waals surface area contributed by atoms with Crippen molar-refractivity contribution in [2.75, 3.05) is 26.4 Å². The van der Waals surface area contributed by atoms with Crippen molar-refractivity contribution in [3.8, 4) is 0 Å². The standard InChI is InChI=1S/C47H76O18/c1-42(2)13-15-47(41(58)59)16-14-45(5)22(23(47)17-42)7-8-28-43(3)11-10-29(44(4,21-50)27(43)9-12-46(28,45)6)64-38-35(56)32(53)26(20-60-38)63-40-37(34(55)31(52)25(19-49)62-40)65-39-36(57)33(54)30(51)24(18-48)61-39/h7,23-40,48-57H,8-21H2,1-6H3,(H,58,59). The van der Waals surface area contributed by atoms with Crippen molar-refractivity contribution < 1.29 is 89.4 Å². The number of aliphatic hydroxyl groups is 10. The van der Waals surface area contributed by atoms with E-state index >= 15 is 0 Å². The predicted octanol–water partition coefficient (Wildman–Crippen LogP) is 0.318. The first-order chi connectivity index (χ1) is 30.5. The largest absolute Gasteiger partial charge is 0.481 e. The van der Waals surface area contributed by atoms with Crippen molar-refractivity contribution in [3.63, 3.8) is 0 Å². The molecule has 3 heterocycles. The third-order valence-corrected chi connectivity index (χ3v) is 19.2. The van der Waals surface area contributed by atoms with Gasteiger partial charge in [0, 0.05) is 5.41 Å². The number of hydrogen-bond acceptors (Lipinski definition) is 17. The molecule has 7 fully saturated rings. The van der Waals surface area contributed by atoms with Crippen molar-refractivity contribution in [2.24, 2.45) is 50.2 Å². The summed E-state index contributed by atoms with van der Waals surface area (Å²) in [5.74, 6) is -0.372. The average Bonchev–Trinajstić information content (AvgIpc) is 3.26. The fourth-order valence-electron chi connectivity index (χ4n) is 14.8. The van der Waals surface area contributed by atoms with Crippen LogP contribution in [0.25, 0.3) is 0 Å². The minimum atomic E-state index is -1.88. The molecule has 11 N–H and O–H groups in total. The summed E-state index contributed by atoms with van der Waals surface area (Å²) in [6.45, 7) is 11.7. The second-order valence-electron chi connectivity index (χ2n) is 22.9. The Bertz CT molecular complexity index is 1760.